The molecule has 85 heavy (non-hydrogen) atoms. The average Bonchev–Trinajstić information content (AvgIpc) is 4.63. The van der Waals surface area contributed by atoms with Crippen molar-refractivity contribution >= 4 is 101 Å². The van der Waals surface area contributed by atoms with Crippen LogP contribution in [-0.4, -0.2) is 107 Å². The molecule has 19 heteroatoms. The Labute approximate surface area is 485 Å². The van der Waals surface area contributed by atoms with E-state index in [1.807, 2.05) is 152 Å². The number of carbonyl (C=O) groups excluding carboxylic acids is 5. The fraction of sp³-hybridized carbons (Fsp3) is 0.182. The van der Waals surface area contributed by atoms with Gasteiger partial charge in [-0.05, 0) is 76.2 Å². The number of carboxylic acids is 1. The lowest BCUT2D eigenvalue weighted by atomic mass is 9.99. The van der Waals surface area contributed by atoms with Crippen LogP contribution >= 0.6 is 0 Å². The number of carbonyl (C=O) groups is 6. The maximum atomic E-state index is 15.5. The minimum atomic E-state index is -1.40. The van der Waals surface area contributed by atoms with Gasteiger partial charge >= 0.3 is 5.97 Å². The number of fused-ring (bicyclic) bond motifs is 6. The number of nitrogens with two attached hydrogens (primary N) is 1. The van der Waals surface area contributed by atoms with Crippen molar-refractivity contribution < 1.29 is 33.9 Å². The standard InChI is InChI=1S/C66H62N12O7/c67-49(25-37-31-68-50-19-7-1-13-43(37)50)61(79)74-56(26-38-32-69-51-20-8-2-14-44(38)51)62(80)75-57(27-39-33-70-52-21-9-3-15-45(39)52)63(81)76-58(28-40-34-71-53-22-10-4-16-46(40)53)64(82)77-59(29-41-35-72-54-23-11-5-17-47(41)54)65(83)78-60(66(84)85)30-42-36-73-55-24-12-6-18-48(42)55/h1-24,31-36,49,56-60,68-73H,25-30,67H2,(H,74,79)(H,75,80)(H,76,81)(H,77,82)(H,78,83)(H,84,85)/t49-,56-,57+,58-,59+,60-/m0/s1. The highest BCUT2D eigenvalue weighted by molar-refractivity contribution is 5.99. The number of carboxylic acid groups (broad SMARTS) is 1. The van der Waals surface area contributed by atoms with E-state index in [0.29, 0.717) is 22.3 Å². The molecule has 5 amide bonds. The molecular weight excluding hydrogens is 1070 g/mol. The zero-order valence-corrected chi connectivity index (χ0v) is 46.0. The van der Waals surface area contributed by atoms with E-state index >= 15 is 14.4 Å². The number of nitrogens with one attached hydrogen (secondary N) is 11. The second kappa shape index (κ2) is 24.0. The number of benzene rings is 6. The summed E-state index contributed by atoms with van der Waals surface area (Å²) in [5, 5.41) is 30.1. The fourth-order valence-corrected chi connectivity index (χ4v) is 11.6. The van der Waals surface area contributed by atoms with Gasteiger partial charge in [-0.15, -0.1) is 0 Å². The first-order valence-corrected chi connectivity index (χ1v) is 28.2. The normalized spacial score (nSPS) is 13.8. The smallest absolute Gasteiger partial charge is 0.326 e. The van der Waals surface area contributed by atoms with Gasteiger partial charge in [0.05, 0.1) is 6.04 Å². The highest BCUT2D eigenvalue weighted by Gasteiger charge is 2.35. The monoisotopic (exact) mass is 1130 g/mol. The van der Waals surface area contributed by atoms with E-state index in [2.05, 4.69) is 56.5 Å². The summed E-state index contributed by atoms with van der Waals surface area (Å²) in [5.74, 6) is -4.82. The molecule has 0 unspecified atom stereocenters. The Kier molecular flexibility index (Phi) is 15.5. The van der Waals surface area contributed by atoms with E-state index in [-0.39, 0.29) is 38.5 Å². The number of hydrogen-bond acceptors (Lipinski definition) is 7. The molecule has 12 rings (SSSR count). The lowest BCUT2D eigenvalue weighted by Gasteiger charge is -2.27. The van der Waals surface area contributed by atoms with Crippen LogP contribution in [-0.2, 0) is 67.3 Å². The van der Waals surface area contributed by atoms with Gasteiger partial charge < -0.3 is 67.3 Å². The van der Waals surface area contributed by atoms with Crippen molar-refractivity contribution in [2.24, 2.45) is 5.73 Å². The molecule has 0 radical (unpaired) electrons. The molecule has 14 N–H and O–H groups in total. The molecule has 6 atom stereocenters. The average molecular weight is 1140 g/mol. The first-order valence-electron chi connectivity index (χ1n) is 28.2. The highest BCUT2D eigenvalue weighted by Crippen LogP contribution is 2.26. The third-order valence-corrected chi connectivity index (χ3v) is 16.1. The van der Waals surface area contributed by atoms with E-state index < -0.39 is 71.8 Å². The zero-order chi connectivity index (χ0) is 58.6. The Bertz CT molecular complexity index is 4450. The predicted molar refractivity (Wildman–Crippen MR) is 327 cm³/mol. The van der Waals surface area contributed by atoms with Gasteiger partial charge in [-0.3, -0.25) is 24.0 Å². The van der Waals surface area contributed by atoms with Gasteiger partial charge in [-0.2, -0.15) is 0 Å². The first kappa shape index (κ1) is 54.9. The molecule has 12 aromatic rings. The zero-order valence-electron chi connectivity index (χ0n) is 46.0. The minimum absolute atomic E-state index is 0.0127. The topological polar surface area (TPSA) is 304 Å². The molecule has 19 nitrogen and oxygen atoms in total. The number of rotatable bonds is 23. The van der Waals surface area contributed by atoms with Gasteiger partial charge in [0.2, 0.25) is 29.5 Å². The molecule has 0 aliphatic carbocycles. The summed E-state index contributed by atoms with van der Waals surface area (Å²) in [6, 6.07) is 37.4. The highest BCUT2D eigenvalue weighted by atomic mass is 16.4. The Morgan fingerprint density at radius 1 is 0.306 bits per heavy atom. The number of aromatic amines is 6. The van der Waals surface area contributed by atoms with E-state index in [9.17, 15) is 19.5 Å². The van der Waals surface area contributed by atoms with Crippen LogP contribution < -0.4 is 32.3 Å². The number of aromatic nitrogens is 6. The second-order valence-corrected chi connectivity index (χ2v) is 21.6. The van der Waals surface area contributed by atoms with Gasteiger partial charge in [-0.1, -0.05) is 109 Å². The van der Waals surface area contributed by atoms with Crippen LogP contribution in [0.2, 0.25) is 0 Å². The summed E-state index contributed by atoms with van der Waals surface area (Å²) in [5.41, 5.74) is 15.8. The van der Waals surface area contributed by atoms with Gasteiger partial charge in [0.15, 0.2) is 0 Å². The van der Waals surface area contributed by atoms with Gasteiger partial charge in [0.1, 0.15) is 30.2 Å². The lowest BCUT2D eigenvalue weighted by molar-refractivity contribution is -0.142. The first-order chi connectivity index (χ1) is 41.4. The summed E-state index contributed by atoms with van der Waals surface area (Å²) in [7, 11) is 0. The van der Waals surface area contributed by atoms with Crippen molar-refractivity contribution in [2.75, 3.05) is 0 Å². The summed E-state index contributed by atoms with van der Waals surface area (Å²) in [6.07, 6.45) is 10.5. The van der Waals surface area contributed by atoms with Crippen LogP contribution in [0.15, 0.2) is 183 Å². The number of aliphatic carboxylic acids is 1. The van der Waals surface area contributed by atoms with Crippen molar-refractivity contribution in [3.8, 4) is 0 Å². The molecule has 428 valence electrons. The van der Waals surface area contributed by atoms with Gasteiger partial charge in [0.25, 0.3) is 0 Å². The molecule has 0 saturated heterocycles. The Morgan fingerprint density at radius 2 is 0.506 bits per heavy atom. The quantitative estimate of drug-likeness (QED) is 0.0311. The molecule has 6 aromatic carbocycles. The molecule has 6 aromatic heterocycles. The van der Waals surface area contributed by atoms with E-state index in [1.165, 1.54) is 0 Å². The maximum absolute atomic E-state index is 15.5. The van der Waals surface area contributed by atoms with Crippen molar-refractivity contribution in [1.29, 1.82) is 0 Å². The molecule has 6 heterocycles. The molecule has 0 saturated carbocycles. The molecule has 0 bridgehead atoms. The summed E-state index contributed by atoms with van der Waals surface area (Å²) in [4.78, 5) is 108. The molecule has 0 aliphatic rings. The predicted octanol–water partition coefficient (Wildman–Crippen LogP) is 7.17. The molecular formula is C66H62N12O7. The largest absolute Gasteiger partial charge is 0.480 e. The summed E-state index contributed by atoms with van der Waals surface area (Å²) < 4.78 is 0. The van der Waals surface area contributed by atoms with Crippen LogP contribution in [0.25, 0.3) is 65.4 Å². The van der Waals surface area contributed by atoms with Gasteiger partial charge in [-0.25, -0.2) is 4.79 Å². The van der Waals surface area contributed by atoms with Crippen LogP contribution in [0.5, 0.6) is 0 Å². The van der Waals surface area contributed by atoms with Crippen LogP contribution in [0.3, 0.4) is 0 Å². The summed E-state index contributed by atoms with van der Waals surface area (Å²) in [6.45, 7) is 0. The van der Waals surface area contributed by atoms with Crippen molar-refractivity contribution in [1.82, 2.24) is 56.5 Å². The number of amides is 5. The summed E-state index contributed by atoms with van der Waals surface area (Å²) >= 11 is 0. The molecule has 0 aliphatic heterocycles. The number of para-hydroxylation sites is 6. The second-order valence-electron chi connectivity index (χ2n) is 21.6. The van der Waals surface area contributed by atoms with E-state index in [0.717, 1.165) is 76.5 Å². The van der Waals surface area contributed by atoms with Crippen molar-refractivity contribution in [2.45, 2.75) is 74.8 Å². The Morgan fingerprint density at radius 3 is 0.753 bits per heavy atom. The Balaban J connectivity index is 0.866. The molecule has 0 fully saturated rings. The van der Waals surface area contributed by atoms with Gasteiger partial charge in [0, 0.05) is 135 Å². The third-order valence-electron chi connectivity index (χ3n) is 16.1. The third kappa shape index (κ3) is 11.9. The maximum Gasteiger partial charge on any atom is 0.326 e. The number of H-pyrrole nitrogens is 6. The molecule has 0 spiro atoms. The van der Waals surface area contributed by atoms with Crippen molar-refractivity contribution in [3.05, 3.63) is 216 Å². The lowest BCUT2D eigenvalue weighted by Crippen LogP contribution is -2.60. The van der Waals surface area contributed by atoms with Crippen LogP contribution in [0, 0.1) is 0 Å². The van der Waals surface area contributed by atoms with E-state index in [1.54, 1.807) is 31.0 Å². The van der Waals surface area contributed by atoms with Crippen LogP contribution in [0.1, 0.15) is 33.4 Å². The fourth-order valence-electron chi connectivity index (χ4n) is 11.6. The SMILES string of the molecule is N[C@@H](Cc1c[nH]c2ccccc12)C(=O)N[C@@H](Cc1c[nH]c2ccccc12)C(=O)N[C@H](Cc1c[nH]c2ccccc12)C(=O)N[C@@H](Cc1c[nH]c2ccccc12)C(=O)N[C@H](Cc1c[nH]c2ccccc12)C(=O)N[C@@H](Cc1c[nH]c2ccccc12)C(=O)O. The minimum Gasteiger partial charge on any atom is -0.480 e. The van der Waals surface area contributed by atoms with E-state index in [4.69, 9.17) is 5.73 Å². The number of hydrogen-bond donors (Lipinski definition) is 13. The van der Waals surface area contributed by atoms with Crippen LogP contribution in [0.4, 0.5) is 0 Å². The van der Waals surface area contributed by atoms with Crippen molar-refractivity contribution in [3.63, 3.8) is 0 Å². The Hall–Kier alpha value is -10.7.